The SMILES string of the molecule is N#CCCN(CCc1ccc(F)cc1F)C1CCOCC1. The zero-order valence-electron chi connectivity index (χ0n) is 12.0. The van der Waals surface area contributed by atoms with E-state index in [2.05, 4.69) is 11.0 Å². The van der Waals surface area contributed by atoms with Crippen LogP contribution in [0.4, 0.5) is 8.78 Å². The topological polar surface area (TPSA) is 36.3 Å². The van der Waals surface area contributed by atoms with Crippen LogP contribution >= 0.6 is 0 Å². The largest absolute Gasteiger partial charge is 0.381 e. The summed E-state index contributed by atoms with van der Waals surface area (Å²) in [5.74, 6) is -1.05. The molecule has 0 amide bonds. The van der Waals surface area contributed by atoms with Crippen molar-refractivity contribution >= 4 is 0 Å². The molecule has 1 saturated heterocycles. The molecule has 1 heterocycles. The Bertz CT molecular complexity index is 496. The maximum absolute atomic E-state index is 13.7. The molecule has 21 heavy (non-hydrogen) atoms. The van der Waals surface area contributed by atoms with Crippen molar-refractivity contribution in [3.63, 3.8) is 0 Å². The summed E-state index contributed by atoms with van der Waals surface area (Å²) in [5.41, 5.74) is 0.519. The van der Waals surface area contributed by atoms with Crippen LogP contribution in [0, 0.1) is 23.0 Å². The normalized spacial score (nSPS) is 16.1. The van der Waals surface area contributed by atoms with E-state index in [4.69, 9.17) is 10.00 Å². The lowest BCUT2D eigenvalue weighted by atomic mass is 10.0. The first-order chi connectivity index (χ1) is 10.2. The zero-order valence-corrected chi connectivity index (χ0v) is 12.0. The van der Waals surface area contributed by atoms with Gasteiger partial charge in [-0.1, -0.05) is 6.07 Å². The Kier molecular flexibility index (Phi) is 6.09. The van der Waals surface area contributed by atoms with E-state index in [0.29, 0.717) is 37.5 Å². The van der Waals surface area contributed by atoms with E-state index < -0.39 is 11.6 Å². The number of nitriles is 1. The summed E-state index contributed by atoms with van der Waals surface area (Å²) >= 11 is 0. The number of halogens is 2. The first-order valence-corrected chi connectivity index (χ1v) is 7.33. The third kappa shape index (κ3) is 4.76. The number of nitrogens with zero attached hydrogens (tertiary/aromatic N) is 2. The van der Waals surface area contributed by atoms with E-state index in [1.807, 2.05) is 0 Å². The second kappa shape index (κ2) is 8.06. The summed E-state index contributed by atoms with van der Waals surface area (Å²) in [7, 11) is 0. The highest BCUT2D eigenvalue weighted by Gasteiger charge is 2.21. The van der Waals surface area contributed by atoms with Crippen LogP contribution in [0.3, 0.4) is 0 Å². The quantitative estimate of drug-likeness (QED) is 0.809. The van der Waals surface area contributed by atoms with Crippen molar-refractivity contribution in [2.45, 2.75) is 31.7 Å². The number of hydrogen-bond acceptors (Lipinski definition) is 3. The first kappa shape index (κ1) is 15.9. The molecule has 0 aromatic heterocycles. The van der Waals surface area contributed by atoms with E-state index >= 15 is 0 Å². The molecule has 1 aliphatic rings. The molecule has 114 valence electrons. The van der Waals surface area contributed by atoms with Gasteiger partial charge in [0.1, 0.15) is 11.6 Å². The molecule has 0 saturated carbocycles. The molecule has 0 atom stereocenters. The van der Waals surface area contributed by atoms with Gasteiger partial charge in [-0.2, -0.15) is 5.26 Å². The van der Waals surface area contributed by atoms with E-state index in [1.165, 1.54) is 12.1 Å². The minimum absolute atomic E-state index is 0.385. The zero-order chi connectivity index (χ0) is 15.1. The lowest BCUT2D eigenvalue weighted by Gasteiger charge is -2.33. The molecule has 0 unspecified atom stereocenters. The van der Waals surface area contributed by atoms with Gasteiger partial charge in [-0.25, -0.2) is 8.78 Å². The highest BCUT2D eigenvalue weighted by Crippen LogP contribution is 2.17. The van der Waals surface area contributed by atoms with E-state index in [1.54, 1.807) is 0 Å². The van der Waals surface area contributed by atoms with Gasteiger partial charge in [-0.05, 0) is 30.9 Å². The van der Waals surface area contributed by atoms with Gasteiger partial charge in [0.15, 0.2) is 0 Å². The van der Waals surface area contributed by atoms with Gasteiger partial charge in [0.25, 0.3) is 0 Å². The lowest BCUT2D eigenvalue weighted by molar-refractivity contribution is 0.0350. The second-order valence-corrected chi connectivity index (χ2v) is 5.27. The fraction of sp³-hybridized carbons (Fsp3) is 0.562. The van der Waals surface area contributed by atoms with Crippen LogP contribution in [-0.4, -0.2) is 37.2 Å². The van der Waals surface area contributed by atoms with Gasteiger partial charge in [-0.3, -0.25) is 4.90 Å². The van der Waals surface area contributed by atoms with Crippen molar-refractivity contribution in [1.82, 2.24) is 4.90 Å². The smallest absolute Gasteiger partial charge is 0.129 e. The first-order valence-electron chi connectivity index (χ1n) is 7.33. The van der Waals surface area contributed by atoms with E-state index in [-0.39, 0.29) is 0 Å². The molecule has 0 N–H and O–H groups in total. The molecule has 0 spiro atoms. The minimum Gasteiger partial charge on any atom is -0.381 e. The highest BCUT2D eigenvalue weighted by molar-refractivity contribution is 5.18. The fourth-order valence-electron chi connectivity index (χ4n) is 2.71. The van der Waals surface area contributed by atoms with Crippen molar-refractivity contribution < 1.29 is 13.5 Å². The Hall–Kier alpha value is -1.51. The molecule has 0 radical (unpaired) electrons. The Labute approximate surface area is 124 Å². The Morgan fingerprint density at radius 1 is 1.24 bits per heavy atom. The molecule has 3 nitrogen and oxygen atoms in total. The Balaban J connectivity index is 1.95. The van der Waals surface area contributed by atoms with Gasteiger partial charge in [0, 0.05) is 44.8 Å². The van der Waals surface area contributed by atoms with Crippen molar-refractivity contribution in [2.75, 3.05) is 26.3 Å². The molecule has 0 aliphatic carbocycles. The Morgan fingerprint density at radius 3 is 2.67 bits per heavy atom. The number of ether oxygens (including phenoxy) is 1. The van der Waals surface area contributed by atoms with E-state index in [0.717, 1.165) is 32.1 Å². The molecule has 1 aromatic carbocycles. The summed E-state index contributed by atoms with van der Waals surface area (Å²) in [5, 5.41) is 8.77. The van der Waals surface area contributed by atoms with Crippen LogP contribution < -0.4 is 0 Å². The fourth-order valence-corrected chi connectivity index (χ4v) is 2.71. The number of rotatable bonds is 6. The molecule has 1 fully saturated rings. The second-order valence-electron chi connectivity index (χ2n) is 5.27. The van der Waals surface area contributed by atoms with Gasteiger partial charge in [0.2, 0.25) is 0 Å². The van der Waals surface area contributed by atoms with Crippen LogP contribution in [0.5, 0.6) is 0 Å². The monoisotopic (exact) mass is 294 g/mol. The van der Waals surface area contributed by atoms with Gasteiger partial charge in [-0.15, -0.1) is 0 Å². The highest BCUT2D eigenvalue weighted by atomic mass is 19.1. The third-order valence-corrected chi connectivity index (χ3v) is 3.90. The summed E-state index contributed by atoms with van der Waals surface area (Å²) in [4.78, 5) is 2.23. The van der Waals surface area contributed by atoms with Crippen molar-refractivity contribution in [3.05, 3.63) is 35.4 Å². The number of benzene rings is 1. The predicted molar refractivity (Wildman–Crippen MR) is 75.7 cm³/mol. The van der Waals surface area contributed by atoms with Crippen LogP contribution in [0.1, 0.15) is 24.8 Å². The van der Waals surface area contributed by atoms with Crippen LogP contribution in [0.15, 0.2) is 18.2 Å². The summed E-state index contributed by atoms with van der Waals surface area (Å²) < 4.78 is 31.9. The summed E-state index contributed by atoms with van der Waals surface area (Å²) in [6, 6.07) is 6.24. The van der Waals surface area contributed by atoms with Gasteiger partial charge in [0.05, 0.1) is 6.07 Å². The molecule has 2 rings (SSSR count). The maximum atomic E-state index is 13.7. The average Bonchev–Trinajstić information content (AvgIpc) is 2.50. The molecule has 0 bridgehead atoms. The van der Waals surface area contributed by atoms with Crippen LogP contribution in [0.25, 0.3) is 0 Å². The maximum Gasteiger partial charge on any atom is 0.129 e. The average molecular weight is 294 g/mol. The molecule has 1 aromatic rings. The Morgan fingerprint density at radius 2 is 2.00 bits per heavy atom. The minimum atomic E-state index is -0.554. The van der Waals surface area contributed by atoms with Crippen LogP contribution in [0.2, 0.25) is 0 Å². The van der Waals surface area contributed by atoms with Crippen molar-refractivity contribution in [3.8, 4) is 6.07 Å². The summed E-state index contributed by atoms with van der Waals surface area (Å²) in [6.07, 6.45) is 2.87. The van der Waals surface area contributed by atoms with E-state index in [9.17, 15) is 8.78 Å². The van der Waals surface area contributed by atoms with Crippen molar-refractivity contribution in [1.29, 1.82) is 5.26 Å². The molecular weight excluding hydrogens is 274 g/mol. The lowest BCUT2D eigenvalue weighted by Crippen LogP contribution is -2.41. The standard InChI is InChI=1S/C16H20F2N2O/c17-14-3-2-13(16(18)12-14)4-9-20(8-1-7-19)15-5-10-21-11-6-15/h2-3,12,15H,1,4-6,8-11H2. The third-order valence-electron chi connectivity index (χ3n) is 3.90. The summed E-state index contributed by atoms with van der Waals surface area (Å²) in [6.45, 7) is 2.83. The molecule has 1 aliphatic heterocycles. The van der Waals surface area contributed by atoms with Crippen molar-refractivity contribution in [2.24, 2.45) is 0 Å². The predicted octanol–water partition coefficient (Wildman–Crippen LogP) is 2.90. The van der Waals surface area contributed by atoms with Crippen LogP contribution in [-0.2, 0) is 11.2 Å². The molecular formula is C16H20F2N2O. The molecule has 5 heteroatoms. The van der Waals surface area contributed by atoms with Gasteiger partial charge < -0.3 is 4.74 Å². The van der Waals surface area contributed by atoms with Gasteiger partial charge >= 0.3 is 0 Å². The number of hydrogen-bond donors (Lipinski definition) is 0.